The topological polar surface area (TPSA) is 66.8 Å². The molecule has 0 saturated carbocycles. The molecule has 1 aliphatic rings. The molecule has 5 nitrogen and oxygen atoms in total. The Morgan fingerprint density at radius 1 is 1.35 bits per heavy atom. The largest absolute Gasteiger partial charge is 0.491 e. The van der Waals surface area contributed by atoms with Crippen LogP contribution in [-0.4, -0.2) is 43.6 Å². The lowest BCUT2D eigenvalue weighted by Crippen LogP contribution is -2.35. The van der Waals surface area contributed by atoms with Crippen molar-refractivity contribution in [2.24, 2.45) is 0 Å². The molecule has 1 unspecified atom stereocenters. The lowest BCUT2D eigenvalue weighted by atomic mass is 10.2. The first-order valence-corrected chi connectivity index (χ1v) is 8.39. The predicted octanol–water partition coefficient (Wildman–Crippen LogP) is 1.62. The third-order valence-corrected chi connectivity index (χ3v) is 5.55. The first kappa shape index (κ1) is 15.3. The fourth-order valence-corrected chi connectivity index (χ4v) is 4.31. The number of rotatable bonds is 6. The third kappa shape index (κ3) is 3.13. The first-order chi connectivity index (χ1) is 9.59. The van der Waals surface area contributed by atoms with Crippen molar-refractivity contribution in [1.82, 2.24) is 4.31 Å². The van der Waals surface area contributed by atoms with Gasteiger partial charge in [-0.05, 0) is 43.5 Å². The lowest BCUT2D eigenvalue weighted by molar-refractivity contribution is 0.201. The minimum atomic E-state index is -3.41. The Morgan fingerprint density at radius 3 is 2.65 bits per heavy atom. The molecule has 1 aliphatic heterocycles. The molecular formula is C14H21NO4S. The Labute approximate surface area is 120 Å². The van der Waals surface area contributed by atoms with Crippen LogP contribution in [0.3, 0.4) is 0 Å². The van der Waals surface area contributed by atoms with Crippen LogP contribution in [0.25, 0.3) is 0 Å². The summed E-state index contributed by atoms with van der Waals surface area (Å²) >= 11 is 0. The second-order valence-corrected chi connectivity index (χ2v) is 6.75. The molecule has 6 heteroatoms. The van der Waals surface area contributed by atoms with Gasteiger partial charge in [-0.1, -0.05) is 6.92 Å². The van der Waals surface area contributed by atoms with Crippen molar-refractivity contribution in [1.29, 1.82) is 0 Å². The number of benzene rings is 1. The molecule has 2 rings (SSSR count). The quantitative estimate of drug-likeness (QED) is 0.867. The smallest absolute Gasteiger partial charge is 0.243 e. The molecule has 1 heterocycles. The summed E-state index contributed by atoms with van der Waals surface area (Å²) in [5.74, 6) is 0.562. The molecule has 112 valence electrons. The Kier molecular flexibility index (Phi) is 5.01. The van der Waals surface area contributed by atoms with Gasteiger partial charge in [-0.15, -0.1) is 0 Å². The Morgan fingerprint density at radius 2 is 2.05 bits per heavy atom. The molecule has 0 radical (unpaired) electrons. The van der Waals surface area contributed by atoms with Gasteiger partial charge in [-0.25, -0.2) is 8.42 Å². The Bertz CT molecular complexity index is 527. The first-order valence-electron chi connectivity index (χ1n) is 6.95. The van der Waals surface area contributed by atoms with E-state index >= 15 is 0 Å². The summed E-state index contributed by atoms with van der Waals surface area (Å²) in [6.45, 7) is 2.76. The van der Waals surface area contributed by atoms with Crippen LogP contribution in [0.5, 0.6) is 5.75 Å². The molecule has 1 aromatic carbocycles. The zero-order chi connectivity index (χ0) is 14.6. The molecule has 20 heavy (non-hydrogen) atoms. The monoisotopic (exact) mass is 299 g/mol. The van der Waals surface area contributed by atoms with Crippen molar-refractivity contribution in [2.45, 2.75) is 37.1 Å². The van der Waals surface area contributed by atoms with Gasteiger partial charge in [0.15, 0.2) is 0 Å². The van der Waals surface area contributed by atoms with Gasteiger partial charge in [-0.3, -0.25) is 0 Å². The molecule has 0 aromatic heterocycles. The van der Waals surface area contributed by atoms with Crippen LogP contribution < -0.4 is 4.74 Å². The van der Waals surface area contributed by atoms with Gasteiger partial charge in [-0.2, -0.15) is 4.31 Å². The average Bonchev–Trinajstić information content (AvgIpc) is 2.95. The average molecular weight is 299 g/mol. The number of nitrogens with zero attached hydrogens (tertiary/aromatic N) is 1. The van der Waals surface area contributed by atoms with E-state index in [9.17, 15) is 8.42 Å². The van der Waals surface area contributed by atoms with Crippen LogP contribution >= 0.6 is 0 Å². The highest BCUT2D eigenvalue weighted by atomic mass is 32.2. The highest BCUT2D eigenvalue weighted by molar-refractivity contribution is 7.89. The normalized spacial score (nSPS) is 20.2. The minimum absolute atomic E-state index is 0.0635. The SMILES string of the molecule is CCC1CCCN1S(=O)(=O)c1ccc(OCCO)cc1. The van der Waals surface area contributed by atoms with E-state index in [0.717, 1.165) is 19.3 Å². The van der Waals surface area contributed by atoms with E-state index in [-0.39, 0.29) is 19.3 Å². The second-order valence-electron chi connectivity index (χ2n) is 4.86. The molecule has 1 saturated heterocycles. The number of hydrogen-bond acceptors (Lipinski definition) is 4. The van der Waals surface area contributed by atoms with Gasteiger partial charge in [0.1, 0.15) is 12.4 Å². The molecule has 1 atom stereocenters. The molecule has 0 bridgehead atoms. The Hall–Kier alpha value is -1.11. The highest BCUT2D eigenvalue weighted by Gasteiger charge is 2.33. The van der Waals surface area contributed by atoms with E-state index in [2.05, 4.69) is 0 Å². The third-order valence-electron chi connectivity index (χ3n) is 3.58. The van der Waals surface area contributed by atoms with Gasteiger partial charge >= 0.3 is 0 Å². The van der Waals surface area contributed by atoms with Crippen molar-refractivity contribution in [2.75, 3.05) is 19.8 Å². The summed E-state index contributed by atoms with van der Waals surface area (Å²) in [4.78, 5) is 0.300. The van der Waals surface area contributed by atoms with Crippen LogP contribution in [0.2, 0.25) is 0 Å². The van der Waals surface area contributed by atoms with E-state index in [1.54, 1.807) is 28.6 Å². The van der Waals surface area contributed by atoms with Crippen molar-refractivity contribution >= 4 is 10.0 Å². The van der Waals surface area contributed by atoms with Crippen LogP contribution in [0.15, 0.2) is 29.2 Å². The zero-order valence-electron chi connectivity index (χ0n) is 11.7. The van der Waals surface area contributed by atoms with Gasteiger partial charge in [0.05, 0.1) is 11.5 Å². The van der Waals surface area contributed by atoms with Gasteiger partial charge in [0.2, 0.25) is 10.0 Å². The van der Waals surface area contributed by atoms with E-state index in [4.69, 9.17) is 9.84 Å². The number of ether oxygens (including phenoxy) is 1. The van der Waals surface area contributed by atoms with E-state index in [0.29, 0.717) is 17.2 Å². The summed E-state index contributed by atoms with van der Waals surface area (Å²) in [7, 11) is -3.41. The lowest BCUT2D eigenvalue weighted by Gasteiger charge is -2.23. The maximum absolute atomic E-state index is 12.6. The number of sulfonamides is 1. The van der Waals surface area contributed by atoms with Gasteiger partial charge in [0.25, 0.3) is 0 Å². The number of aliphatic hydroxyl groups excluding tert-OH is 1. The fourth-order valence-electron chi connectivity index (χ4n) is 2.54. The van der Waals surface area contributed by atoms with Crippen LogP contribution in [0.1, 0.15) is 26.2 Å². The van der Waals surface area contributed by atoms with Crippen LogP contribution in [-0.2, 0) is 10.0 Å². The van der Waals surface area contributed by atoms with E-state index in [1.165, 1.54) is 0 Å². The summed E-state index contributed by atoms with van der Waals surface area (Å²) in [5, 5.41) is 8.68. The number of hydrogen-bond donors (Lipinski definition) is 1. The molecule has 1 aromatic rings. The van der Waals surface area contributed by atoms with Crippen molar-refractivity contribution in [3.63, 3.8) is 0 Å². The van der Waals surface area contributed by atoms with E-state index < -0.39 is 10.0 Å². The zero-order valence-corrected chi connectivity index (χ0v) is 12.5. The molecule has 1 N–H and O–H groups in total. The van der Waals surface area contributed by atoms with E-state index in [1.807, 2.05) is 6.92 Å². The Balaban J connectivity index is 2.17. The number of aliphatic hydroxyl groups is 1. The molecule has 1 fully saturated rings. The summed E-state index contributed by atoms with van der Waals surface area (Å²) in [6, 6.07) is 6.49. The van der Waals surface area contributed by atoms with Gasteiger partial charge in [0, 0.05) is 12.6 Å². The van der Waals surface area contributed by atoms with Crippen molar-refractivity contribution in [3.05, 3.63) is 24.3 Å². The van der Waals surface area contributed by atoms with Crippen LogP contribution in [0.4, 0.5) is 0 Å². The standard InChI is InChI=1S/C14H21NO4S/c1-2-12-4-3-9-15(12)20(17,18)14-7-5-13(6-8-14)19-11-10-16/h5-8,12,16H,2-4,9-11H2,1H3. The van der Waals surface area contributed by atoms with Crippen LogP contribution in [0, 0.1) is 0 Å². The summed E-state index contributed by atoms with van der Waals surface area (Å²) in [6.07, 6.45) is 2.71. The summed E-state index contributed by atoms with van der Waals surface area (Å²) in [5.41, 5.74) is 0. The molecular weight excluding hydrogens is 278 g/mol. The van der Waals surface area contributed by atoms with Crippen molar-refractivity contribution < 1.29 is 18.3 Å². The maximum Gasteiger partial charge on any atom is 0.243 e. The summed E-state index contributed by atoms with van der Waals surface area (Å²) < 4.78 is 32.0. The molecule has 0 spiro atoms. The fraction of sp³-hybridized carbons (Fsp3) is 0.571. The molecule has 0 aliphatic carbocycles. The highest BCUT2D eigenvalue weighted by Crippen LogP contribution is 2.28. The van der Waals surface area contributed by atoms with Gasteiger partial charge < -0.3 is 9.84 Å². The molecule has 0 amide bonds. The second kappa shape index (κ2) is 6.56. The maximum atomic E-state index is 12.6. The predicted molar refractivity (Wildman–Crippen MR) is 76.2 cm³/mol. The minimum Gasteiger partial charge on any atom is -0.491 e. The van der Waals surface area contributed by atoms with Crippen molar-refractivity contribution in [3.8, 4) is 5.75 Å².